The van der Waals surface area contributed by atoms with E-state index in [1.54, 1.807) is 12.3 Å². The molecule has 1 saturated heterocycles. The van der Waals surface area contributed by atoms with Gasteiger partial charge in [0, 0.05) is 38.4 Å². The molecule has 23 heavy (non-hydrogen) atoms. The molecule has 2 heterocycles. The Bertz CT molecular complexity index is 638. The SMILES string of the molecule is OCC1(Cc2cccc(F)c2)CN(Cc2cccnc2)CCO1. The zero-order valence-corrected chi connectivity index (χ0v) is 13.0. The van der Waals surface area contributed by atoms with Crippen LogP contribution in [0.4, 0.5) is 4.39 Å². The number of hydrogen-bond acceptors (Lipinski definition) is 4. The Morgan fingerprint density at radius 3 is 2.87 bits per heavy atom. The van der Waals surface area contributed by atoms with Crippen LogP contribution in [0, 0.1) is 5.82 Å². The molecule has 1 fully saturated rings. The van der Waals surface area contributed by atoms with E-state index in [2.05, 4.69) is 9.88 Å². The third-order valence-electron chi connectivity index (χ3n) is 4.16. The van der Waals surface area contributed by atoms with Gasteiger partial charge in [-0.25, -0.2) is 4.39 Å². The second kappa shape index (κ2) is 7.17. The molecule has 0 radical (unpaired) electrons. The molecule has 1 N–H and O–H groups in total. The summed E-state index contributed by atoms with van der Waals surface area (Å²) in [5.74, 6) is -0.265. The second-order valence-electron chi connectivity index (χ2n) is 6.07. The summed E-state index contributed by atoms with van der Waals surface area (Å²) in [6, 6.07) is 10.4. The number of aliphatic hydroxyl groups is 1. The van der Waals surface area contributed by atoms with Crippen molar-refractivity contribution in [2.75, 3.05) is 26.3 Å². The van der Waals surface area contributed by atoms with E-state index in [1.165, 1.54) is 12.1 Å². The fourth-order valence-corrected chi connectivity index (χ4v) is 3.09. The average Bonchev–Trinajstić information content (AvgIpc) is 2.56. The van der Waals surface area contributed by atoms with Crippen molar-refractivity contribution in [3.63, 3.8) is 0 Å². The van der Waals surface area contributed by atoms with E-state index >= 15 is 0 Å². The summed E-state index contributed by atoms with van der Waals surface area (Å²) in [5.41, 5.74) is 1.28. The third-order valence-corrected chi connectivity index (χ3v) is 4.16. The number of halogens is 1. The van der Waals surface area contributed by atoms with Crippen molar-refractivity contribution in [1.82, 2.24) is 9.88 Å². The summed E-state index contributed by atoms with van der Waals surface area (Å²) in [4.78, 5) is 6.38. The summed E-state index contributed by atoms with van der Waals surface area (Å²) < 4.78 is 19.3. The van der Waals surface area contributed by atoms with Gasteiger partial charge in [-0.2, -0.15) is 0 Å². The Hall–Kier alpha value is -1.82. The quantitative estimate of drug-likeness (QED) is 0.917. The molecule has 4 nitrogen and oxygen atoms in total. The summed E-state index contributed by atoms with van der Waals surface area (Å²) in [6.45, 7) is 2.64. The van der Waals surface area contributed by atoms with E-state index in [9.17, 15) is 9.50 Å². The van der Waals surface area contributed by atoms with Crippen LogP contribution in [0.1, 0.15) is 11.1 Å². The fourth-order valence-electron chi connectivity index (χ4n) is 3.09. The van der Waals surface area contributed by atoms with E-state index in [1.807, 2.05) is 24.4 Å². The van der Waals surface area contributed by atoms with Crippen LogP contribution in [-0.2, 0) is 17.7 Å². The minimum absolute atomic E-state index is 0.0902. The van der Waals surface area contributed by atoms with Crippen LogP contribution in [0.25, 0.3) is 0 Å². The molecular formula is C18H21FN2O2. The molecule has 1 aromatic carbocycles. The highest BCUT2D eigenvalue weighted by atomic mass is 19.1. The molecule has 0 saturated carbocycles. The van der Waals surface area contributed by atoms with Gasteiger partial charge in [-0.3, -0.25) is 9.88 Å². The lowest BCUT2D eigenvalue weighted by molar-refractivity contribution is -0.134. The van der Waals surface area contributed by atoms with Gasteiger partial charge in [-0.05, 0) is 29.3 Å². The maximum absolute atomic E-state index is 13.4. The molecule has 0 bridgehead atoms. The summed E-state index contributed by atoms with van der Waals surface area (Å²) in [5, 5.41) is 9.90. The van der Waals surface area contributed by atoms with Crippen LogP contribution in [0.2, 0.25) is 0 Å². The molecule has 0 aliphatic carbocycles. The monoisotopic (exact) mass is 316 g/mol. The Kier molecular flexibility index (Phi) is 5.00. The van der Waals surface area contributed by atoms with Gasteiger partial charge in [0.15, 0.2) is 0 Å². The number of pyridine rings is 1. The molecule has 3 rings (SSSR count). The predicted octanol–water partition coefficient (Wildman–Crippen LogP) is 2.03. The highest BCUT2D eigenvalue weighted by molar-refractivity contribution is 5.19. The normalized spacial score (nSPS) is 22.2. The van der Waals surface area contributed by atoms with E-state index in [4.69, 9.17) is 4.74 Å². The lowest BCUT2D eigenvalue weighted by atomic mass is 9.93. The van der Waals surface area contributed by atoms with E-state index in [-0.39, 0.29) is 12.4 Å². The minimum atomic E-state index is -0.686. The van der Waals surface area contributed by atoms with E-state index in [0.29, 0.717) is 19.6 Å². The van der Waals surface area contributed by atoms with Gasteiger partial charge in [-0.15, -0.1) is 0 Å². The lowest BCUT2D eigenvalue weighted by Crippen LogP contribution is -2.55. The van der Waals surface area contributed by atoms with Crippen LogP contribution < -0.4 is 0 Å². The highest BCUT2D eigenvalue weighted by Gasteiger charge is 2.36. The maximum atomic E-state index is 13.4. The molecule has 5 heteroatoms. The smallest absolute Gasteiger partial charge is 0.123 e. The standard InChI is InChI=1S/C18H21FN2O2/c19-17-5-1-3-15(9-17)10-18(14-22)13-21(7-8-23-18)12-16-4-2-6-20-11-16/h1-6,9,11,22H,7-8,10,12-14H2. The second-order valence-corrected chi connectivity index (χ2v) is 6.07. The van der Waals surface area contributed by atoms with E-state index < -0.39 is 5.60 Å². The number of ether oxygens (including phenoxy) is 1. The largest absolute Gasteiger partial charge is 0.393 e. The predicted molar refractivity (Wildman–Crippen MR) is 85.4 cm³/mol. The topological polar surface area (TPSA) is 45.6 Å². The van der Waals surface area contributed by atoms with Crippen LogP contribution in [-0.4, -0.2) is 46.9 Å². The number of aliphatic hydroxyl groups excluding tert-OH is 1. The first kappa shape index (κ1) is 16.1. The van der Waals surface area contributed by atoms with Crippen molar-refractivity contribution in [3.05, 3.63) is 65.7 Å². The molecule has 1 atom stereocenters. The van der Waals surface area contributed by atoms with Crippen LogP contribution in [0.5, 0.6) is 0 Å². The Morgan fingerprint density at radius 1 is 1.26 bits per heavy atom. The molecular weight excluding hydrogens is 295 g/mol. The Labute approximate surface area is 135 Å². The average molecular weight is 316 g/mol. The van der Waals surface area contributed by atoms with Crippen LogP contribution >= 0.6 is 0 Å². The molecule has 0 amide bonds. The Morgan fingerprint density at radius 2 is 2.13 bits per heavy atom. The van der Waals surface area contributed by atoms with Crippen molar-refractivity contribution in [2.45, 2.75) is 18.6 Å². The summed E-state index contributed by atoms with van der Waals surface area (Å²) in [6.07, 6.45) is 4.10. The van der Waals surface area contributed by atoms with Crippen molar-refractivity contribution < 1.29 is 14.2 Å². The number of nitrogens with zero attached hydrogens (tertiary/aromatic N) is 2. The maximum Gasteiger partial charge on any atom is 0.123 e. The van der Waals surface area contributed by atoms with E-state index in [0.717, 1.165) is 24.2 Å². The lowest BCUT2D eigenvalue weighted by Gasteiger charge is -2.42. The molecule has 122 valence electrons. The highest BCUT2D eigenvalue weighted by Crippen LogP contribution is 2.24. The molecule has 1 aromatic heterocycles. The number of hydrogen-bond donors (Lipinski definition) is 1. The number of morpholine rings is 1. The zero-order valence-electron chi connectivity index (χ0n) is 13.0. The number of aromatic nitrogens is 1. The molecule has 1 unspecified atom stereocenters. The van der Waals surface area contributed by atoms with Gasteiger partial charge in [0.25, 0.3) is 0 Å². The number of rotatable bonds is 5. The minimum Gasteiger partial charge on any atom is -0.393 e. The number of benzene rings is 1. The third kappa shape index (κ3) is 4.13. The van der Waals surface area contributed by atoms with Gasteiger partial charge >= 0.3 is 0 Å². The van der Waals surface area contributed by atoms with Crippen molar-refractivity contribution in [3.8, 4) is 0 Å². The fraction of sp³-hybridized carbons (Fsp3) is 0.389. The summed E-state index contributed by atoms with van der Waals surface area (Å²) in [7, 11) is 0. The van der Waals surface area contributed by atoms with Crippen LogP contribution in [0.3, 0.4) is 0 Å². The van der Waals surface area contributed by atoms with Gasteiger partial charge in [0.2, 0.25) is 0 Å². The van der Waals surface area contributed by atoms with Crippen molar-refractivity contribution in [1.29, 1.82) is 0 Å². The van der Waals surface area contributed by atoms with Gasteiger partial charge in [0.05, 0.1) is 13.2 Å². The van der Waals surface area contributed by atoms with Gasteiger partial charge in [0.1, 0.15) is 11.4 Å². The van der Waals surface area contributed by atoms with Crippen molar-refractivity contribution >= 4 is 0 Å². The first-order chi connectivity index (χ1) is 11.2. The molecule has 2 aromatic rings. The molecule has 1 aliphatic heterocycles. The van der Waals surface area contributed by atoms with Gasteiger partial charge < -0.3 is 9.84 Å². The Balaban J connectivity index is 1.71. The molecule has 0 spiro atoms. The summed E-state index contributed by atoms with van der Waals surface area (Å²) >= 11 is 0. The first-order valence-corrected chi connectivity index (χ1v) is 7.80. The first-order valence-electron chi connectivity index (χ1n) is 7.80. The van der Waals surface area contributed by atoms with Crippen LogP contribution in [0.15, 0.2) is 48.8 Å². The van der Waals surface area contributed by atoms with Crippen molar-refractivity contribution in [2.24, 2.45) is 0 Å². The van der Waals surface area contributed by atoms with Gasteiger partial charge in [-0.1, -0.05) is 18.2 Å². The zero-order chi connectivity index (χ0) is 16.1. The molecule has 1 aliphatic rings.